The highest BCUT2D eigenvalue weighted by Crippen LogP contribution is 2.26. The summed E-state index contributed by atoms with van der Waals surface area (Å²) >= 11 is 5.85. The normalized spacial score (nSPS) is 11.3. The van der Waals surface area contributed by atoms with Gasteiger partial charge in [-0.25, -0.2) is 8.42 Å². The zero-order valence-electron chi connectivity index (χ0n) is 17.6. The van der Waals surface area contributed by atoms with Crippen LogP contribution in [0, 0.1) is 0 Å². The van der Waals surface area contributed by atoms with Crippen molar-refractivity contribution in [2.45, 2.75) is 23.1 Å². The number of amides is 1. The van der Waals surface area contributed by atoms with Gasteiger partial charge in [-0.15, -0.1) is 0 Å². The van der Waals surface area contributed by atoms with Gasteiger partial charge in [-0.1, -0.05) is 23.7 Å². The topological polar surface area (TPSA) is 90.0 Å². The second-order valence-corrected chi connectivity index (χ2v) is 9.49. The van der Waals surface area contributed by atoms with Gasteiger partial charge in [-0.3, -0.25) is 4.79 Å². The van der Waals surface area contributed by atoms with Crippen LogP contribution >= 0.6 is 11.6 Å². The Morgan fingerprint density at radius 3 is 2.48 bits per heavy atom. The van der Waals surface area contributed by atoms with Crippen LogP contribution in [-0.4, -0.2) is 26.3 Å². The van der Waals surface area contributed by atoms with Crippen molar-refractivity contribution < 1.29 is 26.8 Å². The number of furan rings is 2. The Labute approximate surface area is 196 Å². The second-order valence-electron chi connectivity index (χ2n) is 7.17. The van der Waals surface area contributed by atoms with Crippen molar-refractivity contribution in [1.82, 2.24) is 4.90 Å². The summed E-state index contributed by atoms with van der Waals surface area (Å²) in [7, 11) is -2.38. The summed E-state index contributed by atoms with van der Waals surface area (Å²) in [5, 5.41) is 0.0860. The Hall–Kier alpha value is -3.49. The molecule has 1 amide bonds. The van der Waals surface area contributed by atoms with Gasteiger partial charge in [0.05, 0.1) is 24.8 Å². The Morgan fingerprint density at radius 2 is 1.79 bits per heavy atom. The second kappa shape index (κ2) is 9.56. The minimum Gasteiger partial charge on any atom is -0.497 e. The van der Waals surface area contributed by atoms with Crippen molar-refractivity contribution in [3.8, 4) is 5.75 Å². The molecule has 0 saturated carbocycles. The largest absolute Gasteiger partial charge is 0.497 e. The molecule has 0 N–H and O–H groups in total. The molecule has 4 aromatic rings. The van der Waals surface area contributed by atoms with Crippen LogP contribution in [0.3, 0.4) is 0 Å². The summed E-state index contributed by atoms with van der Waals surface area (Å²) in [6.45, 7) is 0.402. The fourth-order valence-corrected chi connectivity index (χ4v) is 4.55. The zero-order chi connectivity index (χ0) is 23.4. The molecule has 0 saturated heterocycles. The fourth-order valence-electron chi connectivity index (χ4n) is 3.25. The summed E-state index contributed by atoms with van der Waals surface area (Å²) in [6.07, 6.45) is 1.52. The van der Waals surface area contributed by atoms with Gasteiger partial charge >= 0.3 is 0 Å². The van der Waals surface area contributed by atoms with Gasteiger partial charge in [0.15, 0.2) is 5.76 Å². The highest BCUT2D eigenvalue weighted by Gasteiger charge is 2.26. The van der Waals surface area contributed by atoms with E-state index < -0.39 is 15.7 Å². The Morgan fingerprint density at radius 1 is 1.00 bits per heavy atom. The monoisotopic (exact) mass is 485 g/mol. The molecular weight excluding hydrogens is 466 g/mol. The molecule has 170 valence electrons. The molecule has 2 aromatic carbocycles. The lowest BCUT2D eigenvalue weighted by Crippen LogP contribution is -2.29. The molecule has 0 atom stereocenters. The fraction of sp³-hybridized carbons (Fsp3) is 0.125. The summed E-state index contributed by atoms with van der Waals surface area (Å²) < 4.78 is 41.9. The quantitative estimate of drug-likeness (QED) is 0.340. The number of hydrogen-bond acceptors (Lipinski definition) is 6. The number of ether oxygens (including phenoxy) is 1. The van der Waals surface area contributed by atoms with Gasteiger partial charge in [-0.05, 0) is 66.2 Å². The Kier molecular flexibility index (Phi) is 6.57. The van der Waals surface area contributed by atoms with E-state index in [1.54, 1.807) is 19.2 Å². The van der Waals surface area contributed by atoms with E-state index in [0.29, 0.717) is 16.5 Å². The van der Waals surface area contributed by atoms with Crippen molar-refractivity contribution in [3.05, 3.63) is 101 Å². The number of benzene rings is 2. The Bertz CT molecular complexity index is 1340. The van der Waals surface area contributed by atoms with Gasteiger partial charge in [0.25, 0.3) is 5.91 Å². The van der Waals surface area contributed by atoms with Crippen molar-refractivity contribution in [2.24, 2.45) is 0 Å². The van der Waals surface area contributed by atoms with Crippen molar-refractivity contribution in [2.75, 3.05) is 7.11 Å². The molecule has 33 heavy (non-hydrogen) atoms. The van der Waals surface area contributed by atoms with Gasteiger partial charge in [0.1, 0.15) is 11.5 Å². The molecule has 0 fully saturated rings. The highest BCUT2D eigenvalue weighted by atomic mass is 35.5. The number of sulfone groups is 1. The van der Waals surface area contributed by atoms with Crippen molar-refractivity contribution in [1.29, 1.82) is 0 Å². The average molecular weight is 486 g/mol. The maximum absolute atomic E-state index is 13.3. The molecule has 7 nitrogen and oxygen atoms in total. The zero-order valence-corrected chi connectivity index (χ0v) is 19.2. The molecule has 0 aliphatic carbocycles. The Balaban J connectivity index is 1.62. The van der Waals surface area contributed by atoms with Crippen LogP contribution in [0.15, 0.2) is 97.9 Å². The smallest absolute Gasteiger partial charge is 0.290 e. The van der Waals surface area contributed by atoms with E-state index in [4.69, 9.17) is 25.2 Å². The molecule has 9 heteroatoms. The van der Waals surface area contributed by atoms with Gasteiger partial charge in [-0.2, -0.15) is 0 Å². The number of methoxy groups -OCH3 is 1. The molecular formula is C24H20ClNO6S. The third kappa shape index (κ3) is 5.13. The summed E-state index contributed by atoms with van der Waals surface area (Å²) in [5.41, 5.74) is 0.829. The molecule has 0 aliphatic heterocycles. The lowest BCUT2D eigenvalue weighted by atomic mass is 10.2. The van der Waals surface area contributed by atoms with Gasteiger partial charge < -0.3 is 18.5 Å². The number of nitrogens with zero attached hydrogens (tertiary/aromatic N) is 1. The van der Waals surface area contributed by atoms with Crippen LogP contribution < -0.4 is 4.74 Å². The summed E-state index contributed by atoms with van der Waals surface area (Å²) in [6, 6.07) is 19.1. The number of carbonyl (C=O) groups is 1. The molecule has 2 aromatic heterocycles. The number of rotatable bonds is 8. The maximum Gasteiger partial charge on any atom is 0.290 e. The maximum atomic E-state index is 13.3. The third-order valence-electron chi connectivity index (χ3n) is 4.90. The predicted octanol–water partition coefficient (Wildman–Crippen LogP) is 5.21. The minimum absolute atomic E-state index is 0.0177. The predicted molar refractivity (Wildman–Crippen MR) is 121 cm³/mol. The first-order valence-corrected chi connectivity index (χ1v) is 11.8. The summed E-state index contributed by atoms with van der Waals surface area (Å²) in [4.78, 5) is 14.8. The molecule has 2 heterocycles. The first-order valence-electron chi connectivity index (χ1n) is 9.92. The van der Waals surface area contributed by atoms with E-state index in [1.165, 1.54) is 47.6 Å². The van der Waals surface area contributed by atoms with Crippen LogP contribution in [0.1, 0.15) is 21.9 Å². The van der Waals surface area contributed by atoms with E-state index in [2.05, 4.69) is 0 Å². The lowest BCUT2D eigenvalue weighted by molar-refractivity contribution is 0.0679. The molecule has 4 rings (SSSR count). The molecule has 0 unspecified atom stereocenters. The first kappa shape index (κ1) is 22.7. The molecule has 0 radical (unpaired) electrons. The highest BCUT2D eigenvalue weighted by molar-refractivity contribution is 7.91. The SMILES string of the molecule is COc1cccc(CN(Cc2ccco2)C(=O)c2ccc(S(=O)(=O)c3ccc(Cl)cc3)o2)c1. The van der Waals surface area contributed by atoms with E-state index in [9.17, 15) is 13.2 Å². The number of hydrogen-bond donors (Lipinski definition) is 0. The van der Waals surface area contributed by atoms with Crippen molar-refractivity contribution in [3.63, 3.8) is 0 Å². The molecule has 0 aliphatic rings. The van der Waals surface area contributed by atoms with Gasteiger partial charge in [0.2, 0.25) is 14.9 Å². The molecule has 0 spiro atoms. The molecule has 0 bridgehead atoms. The van der Waals surface area contributed by atoms with E-state index in [1.807, 2.05) is 24.3 Å². The average Bonchev–Trinajstić information content (AvgIpc) is 3.51. The van der Waals surface area contributed by atoms with Crippen LogP contribution in [0.4, 0.5) is 0 Å². The number of carbonyl (C=O) groups excluding carboxylic acids is 1. The van der Waals surface area contributed by atoms with E-state index in [-0.39, 0.29) is 28.8 Å². The third-order valence-corrected chi connectivity index (χ3v) is 6.80. The lowest BCUT2D eigenvalue weighted by Gasteiger charge is -2.21. The van der Waals surface area contributed by atoms with Crippen LogP contribution in [0.25, 0.3) is 0 Å². The number of halogens is 1. The van der Waals surface area contributed by atoms with Crippen LogP contribution in [-0.2, 0) is 22.9 Å². The van der Waals surface area contributed by atoms with Crippen molar-refractivity contribution >= 4 is 27.3 Å². The van der Waals surface area contributed by atoms with Crippen LogP contribution in [0.2, 0.25) is 5.02 Å². The van der Waals surface area contributed by atoms with Crippen LogP contribution in [0.5, 0.6) is 5.75 Å². The minimum atomic E-state index is -3.94. The first-order chi connectivity index (χ1) is 15.9. The van der Waals surface area contributed by atoms with Gasteiger partial charge in [0, 0.05) is 11.6 Å². The standard InChI is InChI=1S/C24H20ClNO6S/c1-30-19-5-2-4-17(14-19)15-26(16-20-6-3-13-31-20)24(27)22-11-12-23(32-22)33(28,29)21-9-7-18(25)8-10-21/h2-14H,15-16H2,1H3. The van der Waals surface area contributed by atoms with E-state index >= 15 is 0 Å². The summed E-state index contributed by atoms with van der Waals surface area (Å²) in [5.74, 6) is 0.655. The van der Waals surface area contributed by atoms with E-state index in [0.717, 1.165) is 5.56 Å².